The fraction of sp³-hybridized carbons (Fsp3) is 0.0769. The summed E-state index contributed by atoms with van der Waals surface area (Å²) in [5.74, 6) is -0.360. The van der Waals surface area contributed by atoms with E-state index in [1.54, 1.807) is 6.07 Å². The molecular weight excluding hydrogens is 251 g/mol. The molecule has 2 aromatic carbocycles. The molecule has 0 saturated carbocycles. The van der Waals surface area contributed by atoms with Crippen molar-refractivity contribution in [1.29, 1.82) is 0 Å². The van der Waals surface area contributed by atoms with Crippen molar-refractivity contribution in [3.8, 4) is 11.5 Å². The summed E-state index contributed by atoms with van der Waals surface area (Å²) in [7, 11) is 0. The van der Waals surface area contributed by atoms with Crippen LogP contribution < -0.4 is 10.5 Å². The third-order valence-electron chi connectivity index (χ3n) is 2.49. The van der Waals surface area contributed by atoms with Gasteiger partial charge in [0.05, 0.1) is 11.0 Å². The smallest absolute Gasteiger partial charge is 0.273 e. The molecule has 2 rings (SSSR count). The topological polar surface area (TPSA) is 78.4 Å². The molecule has 19 heavy (non-hydrogen) atoms. The number of ether oxygens (including phenoxy) is 1. The number of non-ortho nitro benzene ring substituents is 1. The van der Waals surface area contributed by atoms with Gasteiger partial charge in [-0.2, -0.15) is 0 Å². The molecule has 0 fully saturated rings. The van der Waals surface area contributed by atoms with Crippen LogP contribution in [-0.2, 0) is 6.54 Å². The Morgan fingerprint density at radius 3 is 2.68 bits per heavy atom. The Morgan fingerprint density at radius 1 is 1.26 bits per heavy atom. The number of hydrogen-bond donors (Lipinski definition) is 1. The maximum atomic E-state index is 13.7. The highest BCUT2D eigenvalue weighted by Gasteiger charge is 2.09. The Balaban J connectivity index is 2.26. The first-order valence-corrected chi connectivity index (χ1v) is 5.51. The van der Waals surface area contributed by atoms with Crippen LogP contribution in [0.15, 0.2) is 42.5 Å². The molecule has 0 bridgehead atoms. The Hall–Kier alpha value is -2.47. The van der Waals surface area contributed by atoms with Crippen LogP contribution in [0.4, 0.5) is 10.1 Å². The lowest BCUT2D eigenvalue weighted by Gasteiger charge is -2.07. The van der Waals surface area contributed by atoms with Crippen molar-refractivity contribution in [2.24, 2.45) is 5.73 Å². The summed E-state index contributed by atoms with van der Waals surface area (Å²) in [4.78, 5) is 10.1. The van der Waals surface area contributed by atoms with E-state index in [2.05, 4.69) is 0 Å². The average molecular weight is 262 g/mol. The number of nitrogens with zero attached hydrogens (tertiary/aromatic N) is 1. The second-order valence-corrected chi connectivity index (χ2v) is 3.83. The summed E-state index contributed by atoms with van der Waals surface area (Å²) in [6.07, 6.45) is 0. The molecular formula is C13H11FN2O3. The molecule has 0 aliphatic carbocycles. The van der Waals surface area contributed by atoms with E-state index in [0.717, 1.165) is 0 Å². The summed E-state index contributed by atoms with van der Waals surface area (Å²) < 4.78 is 18.9. The number of benzene rings is 2. The minimum absolute atomic E-state index is 0.00213. The largest absolute Gasteiger partial charge is 0.454 e. The summed E-state index contributed by atoms with van der Waals surface area (Å²) in [6, 6.07) is 9.90. The van der Waals surface area contributed by atoms with Gasteiger partial charge in [-0.25, -0.2) is 4.39 Å². The second kappa shape index (κ2) is 5.45. The van der Waals surface area contributed by atoms with Gasteiger partial charge in [-0.1, -0.05) is 12.1 Å². The first-order chi connectivity index (χ1) is 9.10. The van der Waals surface area contributed by atoms with Gasteiger partial charge < -0.3 is 10.5 Å². The van der Waals surface area contributed by atoms with E-state index >= 15 is 0 Å². The molecule has 0 heterocycles. The fourth-order valence-corrected chi connectivity index (χ4v) is 1.54. The highest BCUT2D eigenvalue weighted by Crippen LogP contribution is 2.27. The molecule has 0 aromatic heterocycles. The van der Waals surface area contributed by atoms with Crippen LogP contribution in [0.2, 0.25) is 0 Å². The van der Waals surface area contributed by atoms with E-state index in [0.29, 0.717) is 5.56 Å². The molecule has 2 aromatic rings. The number of nitrogens with two attached hydrogens (primary N) is 1. The highest BCUT2D eigenvalue weighted by molar-refractivity contribution is 5.41. The van der Waals surface area contributed by atoms with Gasteiger partial charge in [0.1, 0.15) is 5.75 Å². The van der Waals surface area contributed by atoms with Crippen molar-refractivity contribution in [1.82, 2.24) is 0 Å². The molecule has 0 aliphatic heterocycles. The minimum atomic E-state index is -0.561. The molecule has 0 aliphatic rings. The monoisotopic (exact) mass is 262 g/mol. The van der Waals surface area contributed by atoms with Gasteiger partial charge in [0.2, 0.25) is 0 Å². The van der Waals surface area contributed by atoms with E-state index in [4.69, 9.17) is 10.5 Å². The van der Waals surface area contributed by atoms with Crippen molar-refractivity contribution in [2.75, 3.05) is 0 Å². The average Bonchev–Trinajstić information content (AvgIpc) is 2.41. The predicted molar refractivity (Wildman–Crippen MR) is 67.5 cm³/mol. The number of nitro benzene ring substituents is 1. The normalized spacial score (nSPS) is 10.2. The van der Waals surface area contributed by atoms with Gasteiger partial charge in [0, 0.05) is 12.6 Å². The number of nitro groups is 1. The van der Waals surface area contributed by atoms with Crippen LogP contribution in [0, 0.1) is 15.9 Å². The van der Waals surface area contributed by atoms with Crippen LogP contribution in [0.1, 0.15) is 5.56 Å². The first-order valence-electron chi connectivity index (χ1n) is 5.51. The van der Waals surface area contributed by atoms with E-state index in [-0.39, 0.29) is 23.7 Å². The van der Waals surface area contributed by atoms with E-state index < -0.39 is 10.7 Å². The van der Waals surface area contributed by atoms with Gasteiger partial charge >= 0.3 is 0 Å². The van der Waals surface area contributed by atoms with E-state index in [1.807, 2.05) is 0 Å². The molecule has 0 unspecified atom stereocenters. The summed E-state index contributed by atoms with van der Waals surface area (Å²) >= 11 is 0. The molecule has 5 nitrogen and oxygen atoms in total. The van der Waals surface area contributed by atoms with Crippen LogP contribution in [-0.4, -0.2) is 4.92 Å². The van der Waals surface area contributed by atoms with Gasteiger partial charge in [-0.15, -0.1) is 0 Å². The van der Waals surface area contributed by atoms with Gasteiger partial charge in [0.15, 0.2) is 11.6 Å². The zero-order valence-corrected chi connectivity index (χ0v) is 9.88. The van der Waals surface area contributed by atoms with Crippen molar-refractivity contribution >= 4 is 5.69 Å². The number of rotatable bonds is 4. The lowest BCUT2D eigenvalue weighted by molar-refractivity contribution is -0.384. The molecule has 0 amide bonds. The second-order valence-electron chi connectivity index (χ2n) is 3.83. The maximum absolute atomic E-state index is 13.7. The van der Waals surface area contributed by atoms with E-state index in [1.165, 1.54) is 36.4 Å². The van der Waals surface area contributed by atoms with E-state index in [9.17, 15) is 14.5 Å². The van der Waals surface area contributed by atoms with Crippen molar-refractivity contribution in [3.05, 3.63) is 64.0 Å². The molecule has 6 heteroatoms. The Morgan fingerprint density at radius 2 is 2.05 bits per heavy atom. The van der Waals surface area contributed by atoms with Crippen LogP contribution >= 0.6 is 0 Å². The molecule has 0 spiro atoms. The van der Waals surface area contributed by atoms with Crippen LogP contribution in [0.3, 0.4) is 0 Å². The zero-order chi connectivity index (χ0) is 13.8. The number of halogens is 1. The Kier molecular flexibility index (Phi) is 3.72. The van der Waals surface area contributed by atoms with Crippen LogP contribution in [0.5, 0.6) is 11.5 Å². The van der Waals surface area contributed by atoms with Gasteiger partial charge in [-0.3, -0.25) is 10.1 Å². The SMILES string of the molecule is NCc1ccc(Oc2cccc([N+](=O)[O-])c2)c(F)c1. The quantitative estimate of drug-likeness (QED) is 0.678. The standard InChI is InChI=1S/C13H11FN2O3/c14-12-6-9(8-15)4-5-13(12)19-11-3-1-2-10(7-11)16(17)18/h1-7H,8,15H2. The lowest BCUT2D eigenvalue weighted by atomic mass is 10.2. The fourth-order valence-electron chi connectivity index (χ4n) is 1.54. The van der Waals surface area contributed by atoms with Crippen LogP contribution in [0.25, 0.3) is 0 Å². The van der Waals surface area contributed by atoms with Crippen molar-refractivity contribution in [3.63, 3.8) is 0 Å². The molecule has 0 atom stereocenters. The van der Waals surface area contributed by atoms with Gasteiger partial charge in [-0.05, 0) is 23.8 Å². The molecule has 0 saturated heterocycles. The molecule has 2 N–H and O–H groups in total. The Labute approximate surface area is 108 Å². The number of hydrogen-bond acceptors (Lipinski definition) is 4. The third-order valence-corrected chi connectivity index (χ3v) is 2.49. The van der Waals surface area contributed by atoms with Crippen molar-refractivity contribution < 1.29 is 14.1 Å². The summed E-state index contributed by atoms with van der Waals surface area (Å²) in [5, 5.41) is 10.6. The highest BCUT2D eigenvalue weighted by atomic mass is 19.1. The summed E-state index contributed by atoms with van der Waals surface area (Å²) in [6.45, 7) is 0.230. The summed E-state index contributed by atoms with van der Waals surface area (Å²) in [5.41, 5.74) is 5.92. The van der Waals surface area contributed by atoms with Gasteiger partial charge in [0.25, 0.3) is 5.69 Å². The first kappa shape index (κ1) is 13.0. The maximum Gasteiger partial charge on any atom is 0.273 e. The predicted octanol–water partition coefficient (Wildman–Crippen LogP) is 2.98. The Bertz CT molecular complexity index is 617. The molecule has 98 valence electrons. The minimum Gasteiger partial charge on any atom is -0.454 e. The molecule has 0 radical (unpaired) electrons. The lowest BCUT2D eigenvalue weighted by Crippen LogP contribution is -1.97. The van der Waals surface area contributed by atoms with Crippen molar-refractivity contribution in [2.45, 2.75) is 6.54 Å². The third kappa shape index (κ3) is 3.05. The zero-order valence-electron chi connectivity index (χ0n) is 9.88.